The first kappa shape index (κ1) is 30.5. The van der Waals surface area contributed by atoms with Crippen LogP contribution in [0.5, 0.6) is 0 Å². The minimum atomic E-state index is -4.62. The van der Waals surface area contributed by atoms with Gasteiger partial charge in [0.25, 0.3) is 17.8 Å². The highest BCUT2D eigenvalue weighted by Gasteiger charge is 2.37. The molecule has 1 atom stereocenters. The first-order chi connectivity index (χ1) is 20.5. The van der Waals surface area contributed by atoms with Crippen LogP contribution in [0.2, 0.25) is 0 Å². The molecule has 0 unspecified atom stereocenters. The Kier molecular flexibility index (Phi) is 9.03. The molecule has 11 nitrogen and oxygen atoms in total. The standard InChI is InChI=1S/C27H32F5N9O2/c28-26(29)11-5-12-40(16-26)13-10-17(14-23(42)34-25-35-38-39-36-25)33-24(43)21-15-22(41(37-21)18-6-1-2-7-18)19-8-3-4-9-20(19)27(30,31)32/h3-4,8-9,15,17-18H,1-2,5-7,10-14,16H2,(H,33,43)(H2,34,35,36,38,39,42)/t17-/m0/s1. The van der Waals surface area contributed by atoms with E-state index in [-0.39, 0.29) is 54.7 Å². The van der Waals surface area contributed by atoms with Crippen LogP contribution < -0.4 is 10.6 Å². The molecule has 1 saturated heterocycles. The highest BCUT2D eigenvalue weighted by Crippen LogP contribution is 2.40. The summed E-state index contributed by atoms with van der Waals surface area (Å²) in [5, 5.41) is 22.5. The Labute approximate surface area is 243 Å². The maximum Gasteiger partial charge on any atom is 0.417 e. The quantitative estimate of drug-likeness (QED) is 0.289. The molecule has 0 spiro atoms. The lowest BCUT2D eigenvalue weighted by molar-refractivity contribution is -0.137. The van der Waals surface area contributed by atoms with Crippen molar-refractivity contribution in [2.75, 3.05) is 25.0 Å². The van der Waals surface area contributed by atoms with E-state index in [1.807, 2.05) is 0 Å². The van der Waals surface area contributed by atoms with Crippen LogP contribution in [0.25, 0.3) is 11.3 Å². The number of aromatic amines is 1. The maximum absolute atomic E-state index is 14.0. The SMILES string of the molecule is O=C(C[C@H](CCN1CCCC(F)(F)C1)NC(=O)c1cc(-c2ccccc2C(F)(F)F)n(C2CCCC2)n1)Nc1nn[nH]n1. The van der Waals surface area contributed by atoms with E-state index >= 15 is 0 Å². The van der Waals surface area contributed by atoms with Crippen LogP contribution in [0.4, 0.5) is 27.9 Å². The fourth-order valence-corrected chi connectivity index (χ4v) is 5.76. The second-order valence-corrected chi connectivity index (χ2v) is 11.0. The van der Waals surface area contributed by atoms with E-state index in [1.54, 1.807) is 4.90 Å². The topological polar surface area (TPSA) is 134 Å². The highest BCUT2D eigenvalue weighted by molar-refractivity contribution is 5.95. The van der Waals surface area contributed by atoms with Gasteiger partial charge >= 0.3 is 6.18 Å². The van der Waals surface area contributed by atoms with Gasteiger partial charge in [0.2, 0.25) is 5.91 Å². The predicted octanol–water partition coefficient (Wildman–Crippen LogP) is 4.45. The molecule has 3 aromatic rings. The van der Waals surface area contributed by atoms with Crippen molar-refractivity contribution < 1.29 is 31.5 Å². The van der Waals surface area contributed by atoms with Crippen molar-refractivity contribution in [2.24, 2.45) is 0 Å². The van der Waals surface area contributed by atoms with E-state index in [2.05, 4.69) is 36.4 Å². The summed E-state index contributed by atoms with van der Waals surface area (Å²) in [6.07, 6.45) is -1.37. The third-order valence-corrected chi connectivity index (χ3v) is 7.78. The van der Waals surface area contributed by atoms with E-state index in [0.29, 0.717) is 25.8 Å². The molecule has 3 heterocycles. The number of tetrazole rings is 1. The van der Waals surface area contributed by atoms with Gasteiger partial charge in [0.05, 0.1) is 23.8 Å². The summed E-state index contributed by atoms with van der Waals surface area (Å²) in [7, 11) is 0. The fraction of sp³-hybridized carbons (Fsp3) is 0.556. The van der Waals surface area contributed by atoms with Gasteiger partial charge in [-0.1, -0.05) is 36.1 Å². The minimum absolute atomic E-state index is 0.0750. The van der Waals surface area contributed by atoms with Crippen molar-refractivity contribution in [3.8, 4) is 11.3 Å². The van der Waals surface area contributed by atoms with Gasteiger partial charge in [-0.05, 0) is 49.6 Å². The van der Waals surface area contributed by atoms with Gasteiger partial charge in [-0.15, -0.1) is 5.10 Å². The average molecular weight is 610 g/mol. The molecule has 2 aliphatic rings. The predicted molar refractivity (Wildman–Crippen MR) is 144 cm³/mol. The van der Waals surface area contributed by atoms with Crippen LogP contribution in [0, 0.1) is 0 Å². The molecule has 2 amide bonds. The molecular weight excluding hydrogens is 577 g/mol. The Balaban J connectivity index is 1.38. The molecule has 16 heteroatoms. The normalized spacial score (nSPS) is 18.4. The van der Waals surface area contributed by atoms with Crippen LogP contribution >= 0.6 is 0 Å². The summed E-state index contributed by atoms with van der Waals surface area (Å²) in [4.78, 5) is 27.8. The molecule has 0 bridgehead atoms. The number of piperidine rings is 1. The van der Waals surface area contributed by atoms with Crippen molar-refractivity contribution in [2.45, 2.75) is 75.5 Å². The summed E-state index contributed by atoms with van der Waals surface area (Å²) >= 11 is 0. The minimum Gasteiger partial charge on any atom is -0.347 e. The number of nitrogens with zero attached hydrogens (tertiary/aromatic N) is 6. The van der Waals surface area contributed by atoms with E-state index < -0.39 is 42.1 Å². The maximum atomic E-state index is 14.0. The van der Waals surface area contributed by atoms with Crippen molar-refractivity contribution >= 4 is 17.8 Å². The van der Waals surface area contributed by atoms with Gasteiger partial charge in [0.1, 0.15) is 0 Å². The van der Waals surface area contributed by atoms with Gasteiger partial charge in [-0.3, -0.25) is 24.5 Å². The number of hydrogen-bond acceptors (Lipinski definition) is 7. The number of carbonyl (C=O) groups is 2. The molecular formula is C27H32F5N9O2. The Hall–Kier alpha value is -3.95. The first-order valence-electron chi connectivity index (χ1n) is 14.2. The summed E-state index contributed by atoms with van der Waals surface area (Å²) in [5.41, 5.74) is -0.857. The van der Waals surface area contributed by atoms with Gasteiger partial charge in [-0.2, -0.15) is 23.5 Å². The molecule has 3 N–H and O–H groups in total. The first-order valence-corrected chi connectivity index (χ1v) is 14.2. The van der Waals surface area contributed by atoms with Crippen molar-refractivity contribution in [3.05, 3.63) is 41.6 Å². The number of amides is 2. The Morgan fingerprint density at radius 1 is 1.14 bits per heavy atom. The number of hydrogen-bond donors (Lipinski definition) is 3. The zero-order valence-corrected chi connectivity index (χ0v) is 23.2. The zero-order chi connectivity index (χ0) is 30.6. The number of rotatable bonds is 10. The largest absolute Gasteiger partial charge is 0.417 e. The molecule has 1 aromatic carbocycles. The Bertz CT molecular complexity index is 1400. The van der Waals surface area contributed by atoms with E-state index in [0.717, 1.165) is 18.9 Å². The van der Waals surface area contributed by atoms with E-state index in [9.17, 15) is 31.5 Å². The van der Waals surface area contributed by atoms with Gasteiger partial charge in [0.15, 0.2) is 5.69 Å². The molecule has 2 aromatic heterocycles. The number of benzene rings is 1. The van der Waals surface area contributed by atoms with E-state index in [4.69, 9.17) is 0 Å². The molecule has 2 fully saturated rings. The molecule has 1 aliphatic heterocycles. The molecule has 43 heavy (non-hydrogen) atoms. The number of halogens is 5. The van der Waals surface area contributed by atoms with Gasteiger partial charge < -0.3 is 5.32 Å². The highest BCUT2D eigenvalue weighted by atomic mass is 19.4. The molecule has 5 rings (SSSR count). The van der Waals surface area contributed by atoms with Crippen LogP contribution in [0.1, 0.15) is 73.5 Å². The summed E-state index contributed by atoms with van der Waals surface area (Å²) in [5.74, 6) is -4.13. The van der Waals surface area contributed by atoms with Crippen LogP contribution in [0.15, 0.2) is 30.3 Å². The molecule has 1 saturated carbocycles. The third kappa shape index (κ3) is 7.72. The number of anilines is 1. The molecule has 232 valence electrons. The van der Waals surface area contributed by atoms with Gasteiger partial charge in [-0.25, -0.2) is 8.78 Å². The monoisotopic (exact) mass is 609 g/mol. The number of aromatic nitrogens is 6. The molecule has 0 radical (unpaired) electrons. The number of carbonyl (C=O) groups excluding carboxylic acids is 2. The average Bonchev–Trinajstić information content (AvgIpc) is 3.73. The second kappa shape index (κ2) is 12.7. The third-order valence-electron chi connectivity index (χ3n) is 7.78. The summed E-state index contributed by atoms with van der Waals surface area (Å²) in [6.45, 7) is 0.228. The smallest absolute Gasteiger partial charge is 0.347 e. The summed E-state index contributed by atoms with van der Waals surface area (Å²) in [6, 6.07) is 5.50. The number of H-pyrrole nitrogens is 1. The van der Waals surface area contributed by atoms with Crippen LogP contribution in [-0.4, -0.2) is 78.7 Å². The second-order valence-electron chi connectivity index (χ2n) is 11.0. The Morgan fingerprint density at radius 2 is 1.91 bits per heavy atom. The number of likely N-dealkylation sites (tertiary alicyclic amines) is 1. The summed E-state index contributed by atoms with van der Waals surface area (Å²) < 4.78 is 71.2. The lowest BCUT2D eigenvalue weighted by Crippen LogP contribution is -2.45. The van der Waals surface area contributed by atoms with Crippen molar-refractivity contribution in [3.63, 3.8) is 0 Å². The Morgan fingerprint density at radius 3 is 2.60 bits per heavy atom. The van der Waals surface area contributed by atoms with Crippen molar-refractivity contribution in [1.82, 2.24) is 40.6 Å². The van der Waals surface area contributed by atoms with E-state index in [1.165, 1.54) is 28.9 Å². The van der Waals surface area contributed by atoms with Crippen molar-refractivity contribution in [1.29, 1.82) is 0 Å². The zero-order valence-electron chi connectivity index (χ0n) is 23.2. The molecule has 1 aliphatic carbocycles. The fourth-order valence-electron chi connectivity index (χ4n) is 5.76. The number of alkyl halides is 5. The van der Waals surface area contributed by atoms with Gasteiger partial charge in [0, 0.05) is 31.0 Å². The van der Waals surface area contributed by atoms with Crippen LogP contribution in [0.3, 0.4) is 0 Å². The number of nitrogens with one attached hydrogen (secondary N) is 3. The lowest BCUT2D eigenvalue weighted by atomic mass is 10.0. The lowest BCUT2D eigenvalue weighted by Gasteiger charge is -2.33. The van der Waals surface area contributed by atoms with Crippen LogP contribution in [-0.2, 0) is 11.0 Å².